The summed E-state index contributed by atoms with van der Waals surface area (Å²) in [7, 11) is -0.432. The molecule has 123 heavy (non-hydrogen) atoms. The van der Waals surface area contributed by atoms with Gasteiger partial charge in [0.15, 0.2) is 11.6 Å². The first-order valence-corrected chi connectivity index (χ1v) is 42.3. The van der Waals surface area contributed by atoms with E-state index >= 15 is 0 Å². The number of hydrogen-bond acceptors (Lipinski definition) is 8. The Kier molecular flexibility index (Phi) is 20.0. The quantitative estimate of drug-likeness (QED) is 0.112. The molecular formula is C112H84B2BrN4O4-. The number of hydrogen-bond donors (Lipinski definition) is 0. The molecule has 0 radical (unpaired) electrons. The largest absolute Gasteiger partial charge is 0.494 e. The van der Waals surface area contributed by atoms with Crippen molar-refractivity contribution in [3.63, 3.8) is 0 Å². The molecule has 2 aliphatic carbocycles. The average Bonchev–Trinajstić information content (AvgIpc) is 1.54. The molecule has 0 bridgehead atoms. The van der Waals surface area contributed by atoms with Gasteiger partial charge in [0.1, 0.15) is 22.3 Å². The summed E-state index contributed by atoms with van der Waals surface area (Å²) in [5, 5.41) is 4.44. The van der Waals surface area contributed by atoms with Crippen molar-refractivity contribution < 1.29 is 18.1 Å². The van der Waals surface area contributed by atoms with Crippen molar-refractivity contribution >= 4 is 80.8 Å². The third-order valence-electron chi connectivity index (χ3n) is 24.9. The smallest absolute Gasteiger partial charge is 0.456 e. The minimum atomic E-state index is -0.477. The average molecular weight is 1650 g/mol. The van der Waals surface area contributed by atoms with Crippen LogP contribution in [0.15, 0.2) is 426 Å². The topological polar surface area (TPSA) is 96.3 Å². The number of fused-ring (bicyclic) bond motifs is 12. The van der Waals surface area contributed by atoms with Gasteiger partial charge in [0.05, 0.1) is 44.8 Å². The lowest BCUT2D eigenvalue weighted by molar-refractivity contribution is 0.00578. The maximum absolute atomic E-state index is 6.83. The van der Waals surface area contributed by atoms with E-state index in [4.69, 9.17) is 38.1 Å². The number of rotatable bonds is 12. The lowest BCUT2D eigenvalue weighted by Gasteiger charge is -2.33. The van der Waals surface area contributed by atoms with Crippen LogP contribution in [0.4, 0.5) is 0 Å². The number of nitrogens with zero attached hydrogens (tertiary/aromatic N) is 4. The van der Waals surface area contributed by atoms with Crippen LogP contribution in [0.2, 0.25) is 0 Å². The van der Waals surface area contributed by atoms with E-state index in [1.165, 1.54) is 66.8 Å². The zero-order valence-electron chi connectivity index (χ0n) is 67.6. The van der Waals surface area contributed by atoms with E-state index in [2.05, 4.69) is 353 Å². The van der Waals surface area contributed by atoms with Crippen LogP contribution in [0, 0.1) is 0 Å². The summed E-state index contributed by atoms with van der Waals surface area (Å²) in [6, 6.07) is 145. The maximum Gasteiger partial charge on any atom is 0.494 e. The van der Waals surface area contributed by atoms with Gasteiger partial charge in [-0.15, -0.1) is 0 Å². The summed E-state index contributed by atoms with van der Waals surface area (Å²) >= 11 is 3.54. The molecule has 0 amide bonds. The van der Waals surface area contributed by atoms with Crippen LogP contribution < -0.4 is 5.46 Å². The zero-order valence-corrected chi connectivity index (χ0v) is 69.2. The normalized spacial score (nSPS) is 14.0. The Balaban J connectivity index is 0.000000126. The molecule has 1 aliphatic heterocycles. The van der Waals surface area contributed by atoms with Crippen molar-refractivity contribution in [2.75, 3.05) is 0 Å². The minimum absolute atomic E-state index is 0. The van der Waals surface area contributed by atoms with Gasteiger partial charge in [-0.25, -0.2) is 19.9 Å². The molecule has 4 aromatic heterocycles. The summed E-state index contributed by atoms with van der Waals surface area (Å²) in [5.41, 5.74) is 29.8. The third kappa shape index (κ3) is 13.7. The van der Waals surface area contributed by atoms with E-state index in [-0.39, 0.29) is 8.41 Å². The molecule has 0 saturated carbocycles. The van der Waals surface area contributed by atoms with Gasteiger partial charge in [0.2, 0.25) is 0 Å². The van der Waals surface area contributed by atoms with Gasteiger partial charge >= 0.3 is 7.12 Å². The van der Waals surface area contributed by atoms with E-state index in [1.807, 2.05) is 103 Å². The number of halogens is 1. The molecule has 590 valence electrons. The second-order valence-electron chi connectivity index (χ2n) is 32.6. The predicted octanol–water partition coefficient (Wildman–Crippen LogP) is 26.4. The van der Waals surface area contributed by atoms with Crippen molar-refractivity contribution in [3.8, 4) is 101 Å². The minimum Gasteiger partial charge on any atom is -0.456 e. The first-order chi connectivity index (χ1) is 59.8. The number of benzene rings is 16. The van der Waals surface area contributed by atoms with Crippen LogP contribution in [0.1, 0.15) is 72.2 Å². The highest BCUT2D eigenvalue weighted by Gasteiger charge is 2.53. The van der Waals surface area contributed by atoms with Gasteiger partial charge in [-0.1, -0.05) is 364 Å². The van der Waals surface area contributed by atoms with Crippen LogP contribution in [0.5, 0.6) is 0 Å². The molecule has 1 saturated heterocycles. The van der Waals surface area contributed by atoms with Crippen molar-refractivity contribution in [2.24, 2.45) is 0 Å². The SMILES string of the molecule is Brc1cccc(-c2cc(-c3ccccc3)nc(-c3ccccc3)n2)c1.CC1(C)OB(c2ccc3c(c2)oc2cc4c(cc23)-c2ccccc2C4(c2ccccc2)c2ccccc2)OC1(C)C.[BH4-].c1ccc(-c2cc(-c3cccc(-c4ccc5c(c4)oc4cc6c(cc45)-c4ccccc4C6(c4ccccc4)c4ccccc4)c3)nc(-c3ccccc3)n2)cc1. The lowest BCUT2D eigenvalue weighted by atomic mass is 9.67. The molecule has 3 aliphatic rings. The molecule has 16 aromatic carbocycles. The lowest BCUT2D eigenvalue weighted by Crippen LogP contribution is -2.41. The highest BCUT2D eigenvalue weighted by Crippen LogP contribution is 2.60. The summed E-state index contributed by atoms with van der Waals surface area (Å²) in [5.74, 6) is 1.44. The van der Waals surface area contributed by atoms with Crippen molar-refractivity contribution in [3.05, 3.63) is 461 Å². The van der Waals surface area contributed by atoms with E-state index in [0.29, 0.717) is 5.82 Å². The highest BCUT2D eigenvalue weighted by molar-refractivity contribution is 9.10. The molecule has 0 unspecified atom stereocenters. The van der Waals surface area contributed by atoms with Crippen LogP contribution >= 0.6 is 15.9 Å². The van der Waals surface area contributed by atoms with E-state index in [9.17, 15) is 0 Å². The van der Waals surface area contributed by atoms with Crippen molar-refractivity contribution in [1.29, 1.82) is 0 Å². The molecule has 0 atom stereocenters. The van der Waals surface area contributed by atoms with Gasteiger partial charge in [0, 0.05) is 59.4 Å². The fraction of sp³-hybridized carbons (Fsp3) is 0.0714. The highest BCUT2D eigenvalue weighted by atomic mass is 79.9. The van der Waals surface area contributed by atoms with Gasteiger partial charge in [0.25, 0.3) is 0 Å². The van der Waals surface area contributed by atoms with Gasteiger partial charge in [-0.3, -0.25) is 0 Å². The van der Waals surface area contributed by atoms with Gasteiger partial charge in [-0.05, 0) is 184 Å². The first-order valence-electron chi connectivity index (χ1n) is 41.5. The van der Waals surface area contributed by atoms with E-state index in [1.54, 1.807) is 0 Å². The summed E-state index contributed by atoms with van der Waals surface area (Å²) in [4.78, 5) is 19.7. The number of furan rings is 2. The Labute approximate surface area is 726 Å². The molecule has 0 spiro atoms. The molecule has 1 fully saturated rings. The molecule has 11 heteroatoms. The van der Waals surface area contributed by atoms with Crippen molar-refractivity contribution in [1.82, 2.24) is 19.9 Å². The maximum atomic E-state index is 6.83. The predicted molar refractivity (Wildman–Crippen MR) is 512 cm³/mol. The van der Waals surface area contributed by atoms with E-state index < -0.39 is 29.2 Å². The molecule has 20 aromatic rings. The number of aromatic nitrogens is 4. The van der Waals surface area contributed by atoms with Crippen LogP contribution in [0.3, 0.4) is 0 Å². The molecule has 23 rings (SSSR count). The second kappa shape index (κ2) is 31.8. The molecule has 0 N–H and O–H groups in total. The monoisotopic (exact) mass is 1650 g/mol. The zero-order chi connectivity index (χ0) is 82.1. The standard InChI is InChI=1S/C53H34N2O.C37H31BO3.C22H15BrN2.BH4/c1-5-16-35(17-6-1)48-34-49(55-52(54-48)36-18-7-2-8-19-36)39-21-15-20-37(30-39)38-28-29-43-45-32-44-42-26-13-14-27-46(42)53(40-22-9-3-10-23-40,41-24-11-4-12-25-41)47(44)33-51(45)56-50(43)31-38;1-35(2)36(3,4)41-38(40-35)26-19-20-28-30-22-29-27-17-11-12-18-31(27)37(24-13-7-5-8-14-24,25-15-9-6-10-16-25)32(29)23-34(30)39-33(28)21-26;23-19-13-7-12-18(14-19)21-15-20(16-8-3-1-4-9-16)24-22(25-21)17-10-5-2-6-11-17;/h1-34H;5-23H,1-4H3;1-15H;1H4/q;;;-1. The van der Waals surface area contributed by atoms with E-state index in [0.717, 1.165) is 127 Å². The third-order valence-corrected chi connectivity index (χ3v) is 25.4. The molecule has 5 heterocycles. The fourth-order valence-electron chi connectivity index (χ4n) is 18.4. The molecule has 8 nitrogen and oxygen atoms in total. The van der Waals surface area contributed by atoms with Crippen molar-refractivity contribution in [2.45, 2.75) is 49.7 Å². The summed E-state index contributed by atoms with van der Waals surface area (Å²) in [6.45, 7) is 8.32. The Bertz CT molecular complexity index is 7130. The summed E-state index contributed by atoms with van der Waals surface area (Å²) < 4.78 is 27.2. The Morgan fingerprint density at radius 1 is 0.244 bits per heavy atom. The fourth-order valence-corrected chi connectivity index (χ4v) is 18.8. The van der Waals surface area contributed by atoms with Crippen LogP contribution in [-0.2, 0) is 20.1 Å². The van der Waals surface area contributed by atoms with Gasteiger partial charge < -0.3 is 18.1 Å². The summed E-state index contributed by atoms with van der Waals surface area (Å²) in [6.07, 6.45) is 0. The van der Waals surface area contributed by atoms with Crippen LogP contribution in [-0.4, -0.2) is 46.7 Å². The Morgan fingerprint density at radius 3 is 0.992 bits per heavy atom. The Morgan fingerprint density at radius 2 is 0.569 bits per heavy atom. The first kappa shape index (κ1) is 77.4. The van der Waals surface area contributed by atoms with Gasteiger partial charge in [-0.2, -0.15) is 0 Å². The van der Waals surface area contributed by atoms with Crippen LogP contribution in [0.25, 0.3) is 145 Å². The Hall–Kier alpha value is -14.2. The molecular weight excluding hydrogens is 1570 g/mol. The second-order valence-corrected chi connectivity index (χ2v) is 33.5.